The van der Waals surface area contributed by atoms with E-state index in [1.165, 1.54) is 0 Å². The minimum atomic E-state index is 0.654. The molecule has 2 rings (SSSR count). The summed E-state index contributed by atoms with van der Waals surface area (Å²) >= 11 is 3.51. The fraction of sp³-hybridized carbons (Fsp3) is 0.278. The minimum absolute atomic E-state index is 0.654. The van der Waals surface area contributed by atoms with E-state index in [0.29, 0.717) is 6.61 Å². The highest BCUT2D eigenvalue weighted by Gasteiger charge is 2.10. The predicted octanol–water partition coefficient (Wildman–Crippen LogP) is 5.12. The van der Waals surface area contributed by atoms with Gasteiger partial charge in [0.2, 0.25) is 0 Å². The second-order valence-corrected chi connectivity index (χ2v) is 5.83. The molecule has 0 bridgehead atoms. The normalized spacial score (nSPS) is 10.9. The lowest BCUT2D eigenvalue weighted by Crippen LogP contribution is -2.00. The smallest absolute Gasteiger partial charge is 0.168 e. The van der Waals surface area contributed by atoms with E-state index in [0.717, 1.165) is 39.3 Å². The predicted molar refractivity (Wildman–Crippen MR) is 94.4 cm³/mol. The van der Waals surface area contributed by atoms with Gasteiger partial charge < -0.3 is 9.47 Å². The number of aryl methyl sites for hydroxylation is 1. The first-order valence-electron chi connectivity index (χ1n) is 7.26. The van der Waals surface area contributed by atoms with Gasteiger partial charge in [0.25, 0.3) is 0 Å². The highest BCUT2D eigenvalue weighted by Crippen LogP contribution is 2.36. The number of ether oxygens (including phenoxy) is 2. The maximum absolute atomic E-state index is 5.86. The second kappa shape index (κ2) is 7.99. The van der Waals surface area contributed by atoms with Crippen LogP contribution in [0.3, 0.4) is 0 Å². The third-order valence-corrected chi connectivity index (χ3v) is 3.52. The van der Waals surface area contributed by atoms with E-state index >= 15 is 0 Å². The molecule has 0 aliphatic carbocycles. The number of rotatable bonds is 6. The van der Waals surface area contributed by atoms with Crippen LogP contribution >= 0.6 is 15.9 Å². The molecule has 0 atom stereocenters. The van der Waals surface area contributed by atoms with E-state index in [2.05, 4.69) is 27.8 Å². The lowest BCUT2D eigenvalue weighted by molar-refractivity contribution is 0.293. The number of halogens is 1. The van der Waals surface area contributed by atoms with Gasteiger partial charge in [-0.25, -0.2) is 0 Å². The van der Waals surface area contributed by atoms with Crippen molar-refractivity contribution in [1.82, 2.24) is 4.98 Å². The van der Waals surface area contributed by atoms with Crippen LogP contribution in [-0.4, -0.2) is 18.7 Å². The topological polar surface area (TPSA) is 31.4 Å². The van der Waals surface area contributed by atoms with Crippen LogP contribution in [0.2, 0.25) is 0 Å². The van der Waals surface area contributed by atoms with Gasteiger partial charge in [0.15, 0.2) is 11.5 Å². The van der Waals surface area contributed by atoms with Crippen molar-refractivity contribution in [3.8, 4) is 11.5 Å². The Balaban J connectivity index is 2.37. The first kappa shape index (κ1) is 16.6. The number of nitrogens with zero attached hydrogens (tertiary/aromatic N) is 1. The summed E-state index contributed by atoms with van der Waals surface area (Å²) in [4.78, 5) is 4.47. The molecule has 22 heavy (non-hydrogen) atoms. The highest BCUT2D eigenvalue weighted by atomic mass is 79.9. The lowest BCUT2D eigenvalue weighted by Gasteiger charge is -2.13. The van der Waals surface area contributed by atoms with Gasteiger partial charge in [0, 0.05) is 15.7 Å². The maximum Gasteiger partial charge on any atom is 0.168 e. The molecule has 0 amide bonds. The SMILES string of the molecule is CCCOc1c(C=Cc2cccc(C)n2)cc(Br)cc1OC. The van der Waals surface area contributed by atoms with Crippen LogP contribution in [0.1, 0.15) is 30.3 Å². The molecule has 0 radical (unpaired) electrons. The molecule has 0 N–H and O–H groups in total. The molecule has 1 aromatic carbocycles. The second-order valence-electron chi connectivity index (χ2n) is 4.91. The van der Waals surface area contributed by atoms with Crippen LogP contribution in [0.5, 0.6) is 11.5 Å². The summed E-state index contributed by atoms with van der Waals surface area (Å²) in [6.07, 6.45) is 4.93. The van der Waals surface area contributed by atoms with Crippen molar-refractivity contribution >= 4 is 28.1 Å². The first-order valence-corrected chi connectivity index (χ1v) is 8.05. The number of benzene rings is 1. The molecule has 3 nitrogen and oxygen atoms in total. The Kier molecular flexibility index (Phi) is 6.01. The summed E-state index contributed by atoms with van der Waals surface area (Å²) in [6, 6.07) is 9.88. The zero-order valence-electron chi connectivity index (χ0n) is 13.1. The van der Waals surface area contributed by atoms with E-state index in [4.69, 9.17) is 9.47 Å². The standard InChI is InChI=1S/C18H20BrNO2/c1-4-10-22-18-14(11-15(19)12-17(18)21-3)8-9-16-7-5-6-13(2)20-16/h5-9,11-12H,4,10H2,1-3H3. The van der Waals surface area contributed by atoms with Crippen LogP contribution in [0.4, 0.5) is 0 Å². The molecular weight excluding hydrogens is 342 g/mol. The quantitative estimate of drug-likeness (QED) is 0.715. The number of hydrogen-bond acceptors (Lipinski definition) is 3. The third kappa shape index (κ3) is 4.34. The molecule has 0 aliphatic rings. The summed E-state index contributed by atoms with van der Waals surface area (Å²) in [5.41, 5.74) is 2.87. The Bertz CT molecular complexity index is 668. The Labute approximate surface area is 140 Å². The fourth-order valence-electron chi connectivity index (χ4n) is 2.05. The van der Waals surface area contributed by atoms with Crippen LogP contribution in [0.25, 0.3) is 12.2 Å². The monoisotopic (exact) mass is 361 g/mol. The van der Waals surface area contributed by atoms with Crippen molar-refractivity contribution in [2.45, 2.75) is 20.3 Å². The van der Waals surface area contributed by atoms with Crippen molar-refractivity contribution in [1.29, 1.82) is 0 Å². The fourth-order valence-corrected chi connectivity index (χ4v) is 2.51. The van der Waals surface area contributed by atoms with E-state index in [1.54, 1.807) is 7.11 Å². The average molecular weight is 362 g/mol. The number of hydrogen-bond donors (Lipinski definition) is 0. The largest absolute Gasteiger partial charge is 0.493 e. The van der Waals surface area contributed by atoms with Crippen molar-refractivity contribution in [3.05, 3.63) is 51.8 Å². The number of pyridine rings is 1. The summed E-state index contributed by atoms with van der Waals surface area (Å²) < 4.78 is 12.2. The lowest BCUT2D eigenvalue weighted by atomic mass is 10.1. The van der Waals surface area contributed by atoms with Gasteiger partial charge in [-0.05, 0) is 49.8 Å². The van der Waals surface area contributed by atoms with Gasteiger partial charge >= 0.3 is 0 Å². The van der Waals surface area contributed by atoms with Crippen molar-refractivity contribution in [2.75, 3.05) is 13.7 Å². The zero-order valence-corrected chi connectivity index (χ0v) is 14.7. The van der Waals surface area contributed by atoms with Crippen molar-refractivity contribution < 1.29 is 9.47 Å². The van der Waals surface area contributed by atoms with Gasteiger partial charge in [-0.1, -0.05) is 28.9 Å². The number of aromatic nitrogens is 1. The molecule has 0 spiro atoms. The number of methoxy groups -OCH3 is 1. The molecule has 116 valence electrons. The summed E-state index contributed by atoms with van der Waals surface area (Å²) in [7, 11) is 1.65. The Morgan fingerprint density at radius 2 is 2.05 bits per heavy atom. The van der Waals surface area contributed by atoms with Crippen molar-refractivity contribution in [3.63, 3.8) is 0 Å². The first-order chi connectivity index (χ1) is 10.6. The third-order valence-electron chi connectivity index (χ3n) is 3.06. The molecular formula is C18H20BrNO2. The van der Waals surface area contributed by atoms with Gasteiger partial charge in [-0.2, -0.15) is 0 Å². The summed E-state index contributed by atoms with van der Waals surface area (Å²) in [6.45, 7) is 4.72. The molecule has 0 saturated heterocycles. The summed E-state index contributed by atoms with van der Waals surface area (Å²) in [5.74, 6) is 1.48. The van der Waals surface area contributed by atoms with E-state index in [9.17, 15) is 0 Å². The van der Waals surface area contributed by atoms with E-state index in [-0.39, 0.29) is 0 Å². The molecule has 1 aromatic heterocycles. The minimum Gasteiger partial charge on any atom is -0.493 e. The highest BCUT2D eigenvalue weighted by molar-refractivity contribution is 9.10. The Morgan fingerprint density at radius 1 is 1.23 bits per heavy atom. The average Bonchev–Trinajstić information content (AvgIpc) is 2.51. The maximum atomic E-state index is 5.86. The molecule has 0 saturated carbocycles. The molecule has 2 aromatic rings. The molecule has 0 unspecified atom stereocenters. The van der Waals surface area contributed by atoms with Crippen LogP contribution in [0, 0.1) is 6.92 Å². The van der Waals surface area contributed by atoms with Crippen molar-refractivity contribution in [2.24, 2.45) is 0 Å². The van der Waals surface area contributed by atoms with Crippen LogP contribution in [-0.2, 0) is 0 Å². The summed E-state index contributed by atoms with van der Waals surface area (Å²) in [5, 5.41) is 0. The molecule has 0 fully saturated rings. The van der Waals surface area contributed by atoms with Gasteiger partial charge in [-0.3, -0.25) is 4.98 Å². The molecule has 1 heterocycles. The Morgan fingerprint density at radius 3 is 2.73 bits per heavy atom. The van der Waals surface area contributed by atoms with E-state index in [1.807, 2.05) is 49.4 Å². The van der Waals surface area contributed by atoms with Crippen LogP contribution < -0.4 is 9.47 Å². The van der Waals surface area contributed by atoms with Crippen LogP contribution in [0.15, 0.2) is 34.8 Å². The Hall–Kier alpha value is -1.81. The zero-order chi connectivity index (χ0) is 15.9. The van der Waals surface area contributed by atoms with E-state index < -0.39 is 0 Å². The van der Waals surface area contributed by atoms with Gasteiger partial charge in [0.1, 0.15) is 0 Å². The molecule has 4 heteroatoms. The van der Waals surface area contributed by atoms with Gasteiger partial charge in [0.05, 0.1) is 19.4 Å². The van der Waals surface area contributed by atoms with Gasteiger partial charge in [-0.15, -0.1) is 0 Å². The molecule has 0 aliphatic heterocycles.